The lowest BCUT2D eigenvalue weighted by Crippen LogP contribution is -2.06. The fraction of sp³-hybridized carbons (Fsp3) is 0.188. The molecule has 0 amide bonds. The zero-order valence-corrected chi connectivity index (χ0v) is 11.9. The summed E-state index contributed by atoms with van der Waals surface area (Å²) in [6.07, 6.45) is 7.73. The van der Waals surface area contributed by atoms with E-state index in [0.717, 1.165) is 22.2 Å². The number of aryl methyl sites for hydroxylation is 1. The van der Waals surface area contributed by atoms with Crippen molar-refractivity contribution in [3.63, 3.8) is 0 Å². The highest BCUT2D eigenvalue weighted by molar-refractivity contribution is 5.91. The number of esters is 1. The maximum atomic E-state index is 11.8. The van der Waals surface area contributed by atoms with Crippen LogP contribution in [0.3, 0.4) is 0 Å². The van der Waals surface area contributed by atoms with Gasteiger partial charge in [0.25, 0.3) is 0 Å². The van der Waals surface area contributed by atoms with Crippen LogP contribution in [-0.2, 0) is 18.2 Å². The molecule has 0 saturated carbocycles. The van der Waals surface area contributed by atoms with Gasteiger partial charge in [-0.05, 0) is 29.3 Å². The van der Waals surface area contributed by atoms with Crippen LogP contribution in [0.1, 0.15) is 21.5 Å². The van der Waals surface area contributed by atoms with Gasteiger partial charge in [0.05, 0.1) is 12.7 Å². The smallest absolute Gasteiger partial charge is 0.338 e. The molecule has 3 aromatic rings. The fourth-order valence-electron chi connectivity index (χ4n) is 2.52. The van der Waals surface area contributed by atoms with E-state index in [1.807, 2.05) is 29.9 Å². The minimum atomic E-state index is -0.342. The number of hydrogen-bond donors (Lipinski definition) is 0. The molecule has 0 bridgehead atoms. The molecular formula is C16H15N3O2. The highest BCUT2D eigenvalue weighted by Gasteiger charge is 2.14. The normalized spacial score (nSPS) is 10.8. The first-order chi connectivity index (χ1) is 10.2. The molecular weight excluding hydrogens is 266 g/mol. The number of methoxy groups -OCH3 is 1. The summed E-state index contributed by atoms with van der Waals surface area (Å²) in [6, 6.07) is 5.63. The van der Waals surface area contributed by atoms with Gasteiger partial charge < -0.3 is 9.30 Å². The van der Waals surface area contributed by atoms with Crippen LogP contribution in [0.5, 0.6) is 0 Å². The van der Waals surface area contributed by atoms with Crippen molar-refractivity contribution in [2.24, 2.45) is 7.05 Å². The number of nitrogens with zero attached hydrogens (tertiary/aromatic N) is 3. The second-order valence-electron chi connectivity index (χ2n) is 4.84. The van der Waals surface area contributed by atoms with Crippen molar-refractivity contribution in [1.82, 2.24) is 14.5 Å². The molecule has 0 aliphatic carbocycles. The predicted octanol–water partition coefficient (Wildman–Crippen LogP) is 2.35. The summed E-state index contributed by atoms with van der Waals surface area (Å²) in [4.78, 5) is 20.3. The molecule has 3 heterocycles. The first-order valence-electron chi connectivity index (χ1n) is 6.61. The predicted molar refractivity (Wildman–Crippen MR) is 79.1 cm³/mol. The van der Waals surface area contributed by atoms with Gasteiger partial charge in [-0.15, -0.1) is 0 Å². The van der Waals surface area contributed by atoms with Crippen molar-refractivity contribution >= 4 is 17.0 Å². The molecule has 106 valence electrons. The van der Waals surface area contributed by atoms with Crippen molar-refractivity contribution in [2.75, 3.05) is 7.11 Å². The van der Waals surface area contributed by atoms with Gasteiger partial charge in [0, 0.05) is 43.6 Å². The van der Waals surface area contributed by atoms with Crippen molar-refractivity contribution in [3.05, 3.63) is 59.7 Å². The molecule has 0 aliphatic rings. The van der Waals surface area contributed by atoms with E-state index in [0.29, 0.717) is 12.0 Å². The van der Waals surface area contributed by atoms with Gasteiger partial charge in [-0.2, -0.15) is 0 Å². The zero-order chi connectivity index (χ0) is 14.8. The topological polar surface area (TPSA) is 57.0 Å². The van der Waals surface area contributed by atoms with Crippen LogP contribution in [0, 0.1) is 0 Å². The van der Waals surface area contributed by atoms with E-state index in [9.17, 15) is 4.79 Å². The molecule has 0 radical (unpaired) electrons. The van der Waals surface area contributed by atoms with E-state index >= 15 is 0 Å². The summed E-state index contributed by atoms with van der Waals surface area (Å²) < 4.78 is 6.81. The third kappa shape index (κ3) is 2.38. The Morgan fingerprint density at radius 1 is 1.29 bits per heavy atom. The van der Waals surface area contributed by atoms with Gasteiger partial charge in [0.2, 0.25) is 0 Å². The monoisotopic (exact) mass is 281 g/mol. The van der Waals surface area contributed by atoms with Gasteiger partial charge in [-0.3, -0.25) is 4.98 Å². The van der Waals surface area contributed by atoms with Crippen LogP contribution in [0.25, 0.3) is 11.0 Å². The second kappa shape index (κ2) is 5.36. The molecule has 3 aromatic heterocycles. The zero-order valence-electron chi connectivity index (χ0n) is 11.9. The average Bonchev–Trinajstić information content (AvgIpc) is 2.84. The summed E-state index contributed by atoms with van der Waals surface area (Å²) in [5.74, 6) is -0.342. The van der Waals surface area contributed by atoms with Crippen LogP contribution in [0.2, 0.25) is 0 Å². The number of aromatic nitrogens is 3. The van der Waals surface area contributed by atoms with Crippen molar-refractivity contribution in [1.29, 1.82) is 0 Å². The third-order valence-electron chi connectivity index (χ3n) is 3.51. The van der Waals surface area contributed by atoms with Gasteiger partial charge >= 0.3 is 5.97 Å². The molecule has 0 atom stereocenters. The van der Waals surface area contributed by atoms with Crippen LogP contribution < -0.4 is 0 Å². The second-order valence-corrected chi connectivity index (χ2v) is 4.84. The lowest BCUT2D eigenvalue weighted by atomic mass is 10.0. The quantitative estimate of drug-likeness (QED) is 0.691. The van der Waals surface area contributed by atoms with Crippen LogP contribution in [-0.4, -0.2) is 27.6 Å². The summed E-state index contributed by atoms with van der Waals surface area (Å²) >= 11 is 0. The SMILES string of the molecule is COC(=O)c1ccncc1Cc1cn(C)c2ncccc12. The Kier molecular flexibility index (Phi) is 3.39. The highest BCUT2D eigenvalue weighted by atomic mass is 16.5. The van der Waals surface area contributed by atoms with Gasteiger partial charge in [-0.25, -0.2) is 9.78 Å². The van der Waals surface area contributed by atoms with E-state index in [1.54, 1.807) is 24.7 Å². The molecule has 0 aromatic carbocycles. The van der Waals surface area contributed by atoms with E-state index in [2.05, 4.69) is 9.97 Å². The molecule has 0 unspecified atom stereocenters. The Morgan fingerprint density at radius 2 is 2.14 bits per heavy atom. The number of hydrogen-bond acceptors (Lipinski definition) is 4. The molecule has 0 spiro atoms. The maximum absolute atomic E-state index is 11.8. The number of carbonyl (C=O) groups excluding carboxylic acids is 1. The van der Waals surface area contributed by atoms with E-state index < -0.39 is 0 Å². The maximum Gasteiger partial charge on any atom is 0.338 e. The molecule has 21 heavy (non-hydrogen) atoms. The van der Waals surface area contributed by atoms with Crippen LogP contribution >= 0.6 is 0 Å². The van der Waals surface area contributed by atoms with E-state index in [-0.39, 0.29) is 5.97 Å². The van der Waals surface area contributed by atoms with Crippen molar-refractivity contribution < 1.29 is 9.53 Å². The number of carbonyl (C=O) groups is 1. The number of pyridine rings is 2. The first kappa shape index (κ1) is 13.3. The Morgan fingerprint density at radius 3 is 2.95 bits per heavy atom. The summed E-state index contributed by atoms with van der Waals surface area (Å²) in [5.41, 5.74) is 3.43. The Bertz CT molecular complexity index is 808. The van der Waals surface area contributed by atoms with E-state index in [4.69, 9.17) is 4.74 Å². The minimum absolute atomic E-state index is 0.342. The van der Waals surface area contributed by atoms with Crippen LogP contribution in [0.15, 0.2) is 43.0 Å². The van der Waals surface area contributed by atoms with Crippen molar-refractivity contribution in [2.45, 2.75) is 6.42 Å². The summed E-state index contributed by atoms with van der Waals surface area (Å²) in [6.45, 7) is 0. The molecule has 3 rings (SSSR count). The summed E-state index contributed by atoms with van der Waals surface area (Å²) in [7, 11) is 3.34. The first-order valence-corrected chi connectivity index (χ1v) is 6.61. The molecule has 0 aliphatic heterocycles. The molecule has 0 N–H and O–H groups in total. The average molecular weight is 281 g/mol. The van der Waals surface area contributed by atoms with Gasteiger partial charge in [0.15, 0.2) is 0 Å². The lowest BCUT2D eigenvalue weighted by Gasteiger charge is -2.06. The van der Waals surface area contributed by atoms with Gasteiger partial charge in [0.1, 0.15) is 5.65 Å². The van der Waals surface area contributed by atoms with E-state index in [1.165, 1.54) is 7.11 Å². The highest BCUT2D eigenvalue weighted by Crippen LogP contribution is 2.22. The fourth-order valence-corrected chi connectivity index (χ4v) is 2.52. The van der Waals surface area contributed by atoms with Crippen LogP contribution in [0.4, 0.5) is 0 Å². The molecule has 5 heteroatoms. The number of fused-ring (bicyclic) bond motifs is 1. The van der Waals surface area contributed by atoms with Crippen molar-refractivity contribution in [3.8, 4) is 0 Å². The number of ether oxygens (including phenoxy) is 1. The Hall–Kier alpha value is -2.69. The molecule has 0 fully saturated rings. The Balaban J connectivity index is 2.05. The van der Waals surface area contributed by atoms with Gasteiger partial charge in [-0.1, -0.05) is 0 Å². The lowest BCUT2D eigenvalue weighted by molar-refractivity contribution is 0.0599. The standard InChI is InChI=1S/C16H15N3O2/c1-19-10-12(13-4-3-6-18-15(13)19)8-11-9-17-7-5-14(11)16(20)21-2/h3-7,9-10H,8H2,1-2H3. The molecule has 5 nitrogen and oxygen atoms in total. The third-order valence-corrected chi connectivity index (χ3v) is 3.51. The Labute approximate surface area is 122 Å². The number of rotatable bonds is 3. The minimum Gasteiger partial charge on any atom is -0.465 e. The largest absolute Gasteiger partial charge is 0.465 e. The molecule has 0 saturated heterocycles. The summed E-state index contributed by atoms with van der Waals surface area (Å²) in [5, 5.41) is 1.08.